The van der Waals surface area contributed by atoms with Gasteiger partial charge in [-0.15, -0.1) is 0 Å². The molecule has 2 fully saturated rings. The highest BCUT2D eigenvalue weighted by molar-refractivity contribution is 5.20. The number of hydrogen-bond acceptors (Lipinski definition) is 3. The predicted octanol–water partition coefficient (Wildman–Crippen LogP) is 2.98. The second-order valence-corrected chi connectivity index (χ2v) is 6.39. The molecular weight excluding hydrogens is 260 g/mol. The van der Waals surface area contributed by atoms with Crippen molar-refractivity contribution in [3.63, 3.8) is 0 Å². The van der Waals surface area contributed by atoms with Gasteiger partial charge in [0.25, 0.3) is 0 Å². The molecule has 2 saturated heterocycles. The van der Waals surface area contributed by atoms with E-state index in [1.54, 1.807) is 0 Å². The maximum Gasteiger partial charge on any atom is 0.0659 e. The van der Waals surface area contributed by atoms with E-state index in [2.05, 4.69) is 40.5 Å². The maximum absolute atomic E-state index is 5.56. The number of nitrogens with zero attached hydrogens (tertiary/aromatic N) is 1. The fraction of sp³-hybridized carbons (Fsp3) is 0.667. The van der Waals surface area contributed by atoms with Gasteiger partial charge in [0.05, 0.1) is 12.6 Å². The number of piperidine rings is 1. The number of rotatable bonds is 5. The van der Waals surface area contributed by atoms with Crippen LogP contribution in [0.25, 0.3) is 0 Å². The lowest BCUT2D eigenvalue weighted by atomic mass is 9.91. The Morgan fingerprint density at radius 2 is 2.05 bits per heavy atom. The minimum atomic E-state index is 0.392. The molecule has 116 valence electrons. The monoisotopic (exact) mass is 288 g/mol. The van der Waals surface area contributed by atoms with Crippen LogP contribution in [0.4, 0.5) is 0 Å². The van der Waals surface area contributed by atoms with E-state index in [0.29, 0.717) is 18.1 Å². The number of ether oxygens (including phenoxy) is 1. The van der Waals surface area contributed by atoms with Gasteiger partial charge in [-0.05, 0) is 44.3 Å². The van der Waals surface area contributed by atoms with Gasteiger partial charge in [-0.25, -0.2) is 0 Å². The van der Waals surface area contributed by atoms with Crippen molar-refractivity contribution in [2.45, 2.75) is 50.2 Å². The average Bonchev–Trinajstić information content (AvgIpc) is 3.08. The van der Waals surface area contributed by atoms with Crippen molar-refractivity contribution in [2.24, 2.45) is 0 Å². The minimum absolute atomic E-state index is 0.392. The molecule has 0 amide bonds. The second-order valence-electron chi connectivity index (χ2n) is 6.39. The standard InChI is InChI=1S/C18H28N2O/c1-21-14-18(15-8-3-2-4-9-15)20-13-6-5-11-17(20)16-10-7-12-19-16/h2-4,8-9,16-19H,5-7,10-14H2,1H3. The first-order valence-corrected chi connectivity index (χ1v) is 8.43. The summed E-state index contributed by atoms with van der Waals surface area (Å²) in [5, 5.41) is 3.72. The van der Waals surface area contributed by atoms with Crippen LogP contribution in [0.2, 0.25) is 0 Å². The summed E-state index contributed by atoms with van der Waals surface area (Å²) >= 11 is 0. The van der Waals surface area contributed by atoms with Crippen molar-refractivity contribution in [3.05, 3.63) is 35.9 Å². The first-order valence-electron chi connectivity index (χ1n) is 8.43. The summed E-state index contributed by atoms with van der Waals surface area (Å²) in [4.78, 5) is 2.71. The van der Waals surface area contributed by atoms with Crippen LogP contribution in [0, 0.1) is 0 Å². The van der Waals surface area contributed by atoms with Crippen LogP contribution in [0.15, 0.2) is 30.3 Å². The molecule has 3 unspecified atom stereocenters. The van der Waals surface area contributed by atoms with Gasteiger partial charge in [0.2, 0.25) is 0 Å². The molecule has 3 heteroatoms. The molecule has 2 heterocycles. The average molecular weight is 288 g/mol. The van der Waals surface area contributed by atoms with E-state index >= 15 is 0 Å². The molecule has 3 atom stereocenters. The van der Waals surface area contributed by atoms with Crippen molar-refractivity contribution < 1.29 is 4.74 Å². The summed E-state index contributed by atoms with van der Waals surface area (Å²) in [6.07, 6.45) is 6.67. The fourth-order valence-corrected chi connectivity index (χ4v) is 4.06. The van der Waals surface area contributed by atoms with Gasteiger partial charge in [0.15, 0.2) is 0 Å². The molecule has 0 aliphatic carbocycles. The molecule has 0 bridgehead atoms. The first kappa shape index (κ1) is 15.0. The Balaban J connectivity index is 1.81. The molecule has 0 saturated carbocycles. The van der Waals surface area contributed by atoms with Gasteiger partial charge in [0.1, 0.15) is 0 Å². The Kier molecular flexibility index (Phi) is 5.28. The number of methoxy groups -OCH3 is 1. The van der Waals surface area contributed by atoms with Crippen LogP contribution in [0.5, 0.6) is 0 Å². The number of likely N-dealkylation sites (tertiary alicyclic amines) is 1. The Hall–Kier alpha value is -0.900. The van der Waals surface area contributed by atoms with Gasteiger partial charge >= 0.3 is 0 Å². The normalized spacial score (nSPS) is 28.6. The molecule has 1 aromatic carbocycles. The largest absolute Gasteiger partial charge is 0.383 e. The molecule has 2 aliphatic rings. The van der Waals surface area contributed by atoms with Crippen LogP contribution >= 0.6 is 0 Å². The topological polar surface area (TPSA) is 24.5 Å². The van der Waals surface area contributed by atoms with Crippen molar-refractivity contribution in [2.75, 3.05) is 26.8 Å². The quantitative estimate of drug-likeness (QED) is 0.901. The van der Waals surface area contributed by atoms with Gasteiger partial charge in [-0.2, -0.15) is 0 Å². The molecule has 3 nitrogen and oxygen atoms in total. The van der Waals surface area contributed by atoms with Crippen LogP contribution in [0.3, 0.4) is 0 Å². The highest BCUT2D eigenvalue weighted by Crippen LogP contribution is 2.32. The summed E-state index contributed by atoms with van der Waals surface area (Å²) in [6.45, 7) is 3.17. The van der Waals surface area contributed by atoms with Gasteiger partial charge in [-0.1, -0.05) is 36.8 Å². The molecule has 3 rings (SSSR count). The zero-order valence-electron chi connectivity index (χ0n) is 13.1. The zero-order valence-corrected chi connectivity index (χ0v) is 13.1. The molecule has 0 spiro atoms. The number of hydrogen-bond donors (Lipinski definition) is 1. The molecule has 0 radical (unpaired) electrons. The minimum Gasteiger partial charge on any atom is -0.383 e. The highest BCUT2D eigenvalue weighted by Gasteiger charge is 2.35. The molecule has 1 N–H and O–H groups in total. The van der Waals surface area contributed by atoms with Crippen molar-refractivity contribution in [1.82, 2.24) is 10.2 Å². The third-order valence-electron chi connectivity index (χ3n) is 5.06. The fourth-order valence-electron chi connectivity index (χ4n) is 4.06. The Morgan fingerprint density at radius 3 is 2.76 bits per heavy atom. The van der Waals surface area contributed by atoms with E-state index in [1.165, 1.54) is 50.8 Å². The van der Waals surface area contributed by atoms with E-state index in [4.69, 9.17) is 4.74 Å². The van der Waals surface area contributed by atoms with E-state index < -0.39 is 0 Å². The van der Waals surface area contributed by atoms with E-state index in [1.807, 2.05) is 7.11 Å². The molecule has 2 aliphatic heterocycles. The Labute approximate surface area is 128 Å². The van der Waals surface area contributed by atoms with Crippen LogP contribution in [0.1, 0.15) is 43.7 Å². The van der Waals surface area contributed by atoms with Crippen LogP contribution < -0.4 is 5.32 Å². The molecule has 0 aromatic heterocycles. The van der Waals surface area contributed by atoms with Crippen molar-refractivity contribution >= 4 is 0 Å². The third-order valence-corrected chi connectivity index (χ3v) is 5.06. The molecule has 21 heavy (non-hydrogen) atoms. The van der Waals surface area contributed by atoms with E-state index in [9.17, 15) is 0 Å². The summed E-state index contributed by atoms with van der Waals surface area (Å²) in [6, 6.07) is 12.6. The lowest BCUT2D eigenvalue weighted by Crippen LogP contribution is -2.52. The lowest BCUT2D eigenvalue weighted by Gasteiger charge is -2.44. The van der Waals surface area contributed by atoms with Gasteiger partial charge in [0, 0.05) is 19.2 Å². The maximum atomic E-state index is 5.56. The SMILES string of the molecule is COCC(c1ccccc1)N1CCCCC1C1CCCN1. The molecular formula is C18H28N2O. The Bertz CT molecular complexity index is 416. The van der Waals surface area contributed by atoms with Gasteiger partial charge < -0.3 is 10.1 Å². The van der Waals surface area contributed by atoms with Crippen LogP contribution in [-0.4, -0.2) is 43.8 Å². The van der Waals surface area contributed by atoms with E-state index in [-0.39, 0.29) is 0 Å². The summed E-state index contributed by atoms with van der Waals surface area (Å²) < 4.78 is 5.56. The van der Waals surface area contributed by atoms with Gasteiger partial charge in [-0.3, -0.25) is 4.90 Å². The summed E-state index contributed by atoms with van der Waals surface area (Å²) in [5.41, 5.74) is 1.39. The van der Waals surface area contributed by atoms with Crippen LogP contribution in [-0.2, 0) is 4.74 Å². The lowest BCUT2D eigenvalue weighted by molar-refractivity contribution is 0.0270. The zero-order chi connectivity index (χ0) is 14.5. The second kappa shape index (κ2) is 7.39. The number of benzene rings is 1. The molecule has 1 aromatic rings. The summed E-state index contributed by atoms with van der Waals surface area (Å²) in [7, 11) is 1.82. The number of nitrogens with one attached hydrogen (secondary N) is 1. The summed E-state index contributed by atoms with van der Waals surface area (Å²) in [5.74, 6) is 0. The Morgan fingerprint density at radius 1 is 1.19 bits per heavy atom. The highest BCUT2D eigenvalue weighted by atomic mass is 16.5. The third kappa shape index (κ3) is 3.47. The van der Waals surface area contributed by atoms with Crippen molar-refractivity contribution in [1.29, 1.82) is 0 Å². The first-order chi connectivity index (χ1) is 10.4. The van der Waals surface area contributed by atoms with E-state index in [0.717, 1.165) is 6.61 Å². The predicted molar refractivity (Wildman–Crippen MR) is 86.4 cm³/mol. The van der Waals surface area contributed by atoms with Crippen molar-refractivity contribution in [3.8, 4) is 0 Å². The smallest absolute Gasteiger partial charge is 0.0659 e.